The molecule has 2 aliphatic rings. The van der Waals surface area contributed by atoms with Crippen LogP contribution < -0.4 is 5.73 Å². The molecule has 0 radical (unpaired) electrons. The Morgan fingerprint density at radius 3 is 2.47 bits per heavy atom. The maximum atomic E-state index is 12.0. The Bertz CT molecular complexity index is 242. The summed E-state index contributed by atoms with van der Waals surface area (Å²) >= 11 is 0. The second-order valence-corrected chi connectivity index (χ2v) is 5.43. The Morgan fingerprint density at radius 1 is 1.18 bits per heavy atom. The average molecular weight is 261 g/mol. The van der Waals surface area contributed by atoms with Crippen LogP contribution in [-0.4, -0.2) is 30.4 Å². The van der Waals surface area contributed by atoms with Gasteiger partial charge in [0, 0.05) is 19.5 Å². The van der Waals surface area contributed by atoms with Crippen molar-refractivity contribution in [2.24, 2.45) is 17.6 Å². The van der Waals surface area contributed by atoms with Crippen LogP contribution in [0.25, 0.3) is 0 Å². The number of hydrogen-bond acceptors (Lipinski definition) is 2. The molecule has 100 valence electrons. The van der Waals surface area contributed by atoms with Crippen LogP contribution in [0.4, 0.5) is 0 Å². The number of amides is 1. The highest BCUT2D eigenvalue weighted by Gasteiger charge is 2.27. The van der Waals surface area contributed by atoms with E-state index in [-0.39, 0.29) is 12.4 Å². The normalized spacial score (nSPS) is 25.0. The van der Waals surface area contributed by atoms with Crippen molar-refractivity contribution in [3.05, 3.63) is 0 Å². The summed E-state index contributed by atoms with van der Waals surface area (Å²) in [5, 5.41) is 0. The molecule has 0 spiro atoms. The van der Waals surface area contributed by atoms with E-state index in [4.69, 9.17) is 5.73 Å². The lowest BCUT2D eigenvalue weighted by Crippen LogP contribution is -2.41. The van der Waals surface area contributed by atoms with Crippen LogP contribution in [0.1, 0.15) is 44.9 Å². The number of carbonyl (C=O) groups is 1. The first-order valence-corrected chi connectivity index (χ1v) is 6.77. The van der Waals surface area contributed by atoms with Crippen LogP contribution >= 0.6 is 12.4 Å². The molecule has 1 saturated carbocycles. The van der Waals surface area contributed by atoms with E-state index in [9.17, 15) is 4.79 Å². The lowest BCUT2D eigenvalue weighted by atomic mass is 9.82. The van der Waals surface area contributed by atoms with Crippen LogP contribution in [-0.2, 0) is 4.79 Å². The van der Waals surface area contributed by atoms with E-state index in [1.54, 1.807) is 0 Å². The van der Waals surface area contributed by atoms with Crippen molar-refractivity contribution in [1.82, 2.24) is 4.90 Å². The van der Waals surface area contributed by atoms with E-state index in [1.165, 1.54) is 32.1 Å². The average Bonchev–Trinajstić information content (AvgIpc) is 2.24. The van der Waals surface area contributed by atoms with Crippen LogP contribution in [0.2, 0.25) is 0 Å². The monoisotopic (exact) mass is 260 g/mol. The number of rotatable bonds is 4. The molecule has 0 aromatic heterocycles. The second-order valence-electron chi connectivity index (χ2n) is 5.43. The van der Waals surface area contributed by atoms with Crippen molar-refractivity contribution < 1.29 is 4.79 Å². The Labute approximate surface area is 111 Å². The summed E-state index contributed by atoms with van der Waals surface area (Å²) in [6, 6.07) is 0. The maximum Gasteiger partial charge on any atom is 0.222 e. The molecule has 1 unspecified atom stereocenters. The molecule has 17 heavy (non-hydrogen) atoms. The van der Waals surface area contributed by atoms with Gasteiger partial charge in [0.1, 0.15) is 0 Å². The number of hydrogen-bond donors (Lipinski definition) is 1. The fraction of sp³-hybridized carbons (Fsp3) is 0.923. The van der Waals surface area contributed by atoms with Gasteiger partial charge in [-0.05, 0) is 50.5 Å². The summed E-state index contributed by atoms with van der Waals surface area (Å²) in [4.78, 5) is 14.1. The summed E-state index contributed by atoms with van der Waals surface area (Å²) in [5.74, 6) is 1.75. The molecular formula is C13H25ClN2O. The van der Waals surface area contributed by atoms with Crippen molar-refractivity contribution in [2.75, 3.05) is 19.6 Å². The molecule has 1 atom stereocenters. The number of nitrogens with zero attached hydrogens (tertiary/aromatic N) is 1. The number of halogens is 1. The molecule has 2 N–H and O–H groups in total. The van der Waals surface area contributed by atoms with E-state index in [0.717, 1.165) is 32.5 Å². The van der Waals surface area contributed by atoms with E-state index in [0.29, 0.717) is 17.7 Å². The third kappa shape index (κ3) is 4.14. The van der Waals surface area contributed by atoms with Gasteiger partial charge in [-0.15, -0.1) is 12.4 Å². The lowest BCUT2D eigenvalue weighted by molar-refractivity contribution is -0.134. The molecule has 2 fully saturated rings. The van der Waals surface area contributed by atoms with Gasteiger partial charge in [-0.1, -0.05) is 6.42 Å². The minimum atomic E-state index is 0. The van der Waals surface area contributed by atoms with Gasteiger partial charge in [-0.3, -0.25) is 4.79 Å². The van der Waals surface area contributed by atoms with Crippen molar-refractivity contribution in [3.63, 3.8) is 0 Å². The predicted octanol–water partition coefficient (Wildman–Crippen LogP) is 2.19. The molecular weight excluding hydrogens is 236 g/mol. The fourth-order valence-corrected chi connectivity index (χ4v) is 2.84. The SMILES string of the molecule is Cl.NCCC1CCCN(C(=O)CC2CCC2)C1. The molecule has 1 heterocycles. The van der Waals surface area contributed by atoms with Crippen molar-refractivity contribution in [3.8, 4) is 0 Å². The van der Waals surface area contributed by atoms with E-state index in [2.05, 4.69) is 4.90 Å². The van der Waals surface area contributed by atoms with Crippen LogP contribution in [0.3, 0.4) is 0 Å². The molecule has 0 aromatic rings. The smallest absolute Gasteiger partial charge is 0.222 e. The zero-order valence-corrected chi connectivity index (χ0v) is 11.4. The zero-order valence-electron chi connectivity index (χ0n) is 10.6. The van der Waals surface area contributed by atoms with Crippen LogP contribution in [0, 0.1) is 11.8 Å². The molecule has 1 aliphatic carbocycles. The van der Waals surface area contributed by atoms with Gasteiger partial charge >= 0.3 is 0 Å². The maximum absolute atomic E-state index is 12.0. The summed E-state index contributed by atoms with van der Waals surface area (Å²) in [7, 11) is 0. The van der Waals surface area contributed by atoms with Crippen LogP contribution in [0.5, 0.6) is 0 Å². The third-order valence-corrected chi connectivity index (χ3v) is 4.13. The highest BCUT2D eigenvalue weighted by molar-refractivity contribution is 5.85. The number of carbonyl (C=O) groups excluding carboxylic acids is 1. The molecule has 1 saturated heterocycles. The third-order valence-electron chi connectivity index (χ3n) is 4.13. The first-order valence-electron chi connectivity index (χ1n) is 6.77. The summed E-state index contributed by atoms with van der Waals surface area (Å²) in [6.07, 6.45) is 8.17. The van der Waals surface area contributed by atoms with Crippen molar-refractivity contribution >= 4 is 18.3 Å². The molecule has 0 aromatic carbocycles. The first-order chi connectivity index (χ1) is 7.79. The molecule has 2 rings (SSSR count). The van der Waals surface area contributed by atoms with Gasteiger partial charge in [0.15, 0.2) is 0 Å². The highest BCUT2D eigenvalue weighted by Crippen LogP contribution is 2.30. The van der Waals surface area contributed by atoms with Crippen LogP contribution in [0.15, 0.2) is 0 Å². The van der Waals surface area contributed by atoms with Gasteiger partial charge < -0.3 is 10.6 Å². The number of likely N-dealkylation sites (tertiary alicyclic amines) is 1. The molecule has 1 aliphatic heterocycles. The van der Waals surface area contributed by atoms with Gasteiger partial charge in [-0.2, -0.15) is 0 Å². The lowest BCUT2D eigenvalue weighted by Gasteiger charge is -2.35. The minimum absolute atomic E-state index is 0. The van der Waals surface area contributed by atoms with Gasteiger partial charge in [0.05, 0.1) is 0 Å². The second kappa shape index (κ2) is 7.22. The number of nitrogens with two attached hydrogens (primary N) is 1. The Morgan fingerprint density at radius 2 is 1.88 bits per heavy atom. The van der Waals surface area contributed by atoms with Crippen molar-refractivity contribution in [2.45, 2.75) is 44.9 Å². The van der Waals surface area contributed by atoms with Gasteiger partial charge in [0.2, 0.25) is 5.91 Å². The molecule has 1 amide bonds. The minimum Gasteiger partial charge on any atom is -0.342 e. The standard InChI is InChI=1S/C13H24N2O.ClH/c14-7-6-12-5-2-8-15(10-12)13(16)9-11-3-1-4-11;/h11-12H,1-10,14H2;1H. The molecule has 3 nitrogen and oxygen atoms in total. The molecule has 4 heteroatoms. The van der Waals surface area contributed by atoms with Gasteiger partial charge in [-0.25, -0.2) is 0 Å². The van der Waals surface area contributed by atoms with E-state index < -0.39 is 0 Å². The quantitative estimate of drug-likeness (QED) is 0.842. The Kier molecular flexibility index (Phi) is 6.28. The Hall–Kier alpha value is -0.280. The summed E-state index contributed by atoms with van der Waals surface area (Å²) in [6.45, 7) is 2.70. The van der Waals surface area contributed by atoms with Gasteiger partial charge in [0.25, 0.3) is 0 Å². The number of piperidine rings is 1. The largest absolute Gasteiger partial charge is 0.342 e. The van der Waals surface area contributed by atoms with E-state index >= 15 is 0 Å². The summed E-state index contributed by atoms with van der Waals surface area (Å²) in [5.41, 5.74) is 5.59. The Balaban J connectivity index is 0.00000144. The highest BCUT2D eigenvalue weighted by atomic mass is 35.5. The topological polar surface area (TPSA) is 46.3 Å². The van der Waals surface area contributed by atoms with E-state index in [1.807, 2.05) is 0 Å². The molecule has 0 bridgehead atoms. The fourth-order valence-electron chi connectivity index (χ4n) is 2.84. The predicted molar refractivity (Wildman–Crippen MR) is 72.2 cm³/mol. The van der Waals surface area contributed by atoms with Crippen molar-refractivity contribution in [1.29, 1.82) is 0 Å². The first kappa shape index (κ1) is 14.8. The zero-order chi connectivity index (χ0) is 11.4. The summed E-state index contributed by atoms with van der Waals surface area (Å²) < 4.78 is 0.